The lowest BCUT2D eigenvalue weighted by Crippen LogP contribution is -2.33. The van der Waals surface area contributed by atoms with Crippen molar-refractivity contribution in [3.05, 3.63) is 24.0 Å². The van der Waals surface area contributed by atoms with E-state index in [1.165, 1.54) is 0 Å². The summed E-state index contributed by atoms with van der Waals surface area (Å²) in [5, 5.41) is 6.56. The van der Waals surface area contributed by atoms with E-state index in [9.17, 15) is 4.79 Å². The highest BCUT2D eigenvalue weighted by molar-refractivity contribution is 5.91. The molecule has 1 N–H and O–H groups in total. The Labute approximate surface area is 109 Å². The Bertz CT molecular complexity index is 366. The monoisotopic (exact) mass is 249 g/mol. The van der Waals surface area contributed by atoms with Gasteiger partial charge in [0.2, 0.25) is 5.91 Å². The summed E-state index contributed by atoms with van der Waals surface area (Å²) < 4.78 is 0. The van der Waals surface area contributed by atoms with Crippen molar-refractivity contribution in [3.8, 4) is 0 Å². The summed E-state index contributed by atoms with van der Waals surface area (Å²) in [6, 6.07) is 0. The van der Waals surface area contributed by atoms with Crippen LogP contribution in [0.3, 0.4) is 0 Å². The molecule has 0 saturated carbocycles. The van der Waals surface area contributed by atoms with E-state index in [1.54, 1.807) is 24.5 Å². The second-order valence-electron chi connectivity index (χ2n) is 4.42. The molecular formula is C14H23N3O. The molecule has 0 aliphatic heterocycles. The van der Waals surface area contributed by atoms with E-state index in [4.69, 9.17) is 0 Å². The van der Waals surface area contributed by atoms with Gasteiger partial charge < -0.3 is 4.90 Å². The lowest BCUT2D eigenvalue weighted by molar-refractivity contribution is -0.126. The number of carbonyl (C=O) groups excluding carboxylic acids is 1. The van der Waals surface area contributed by atoms with Gasteiger partial charge in [-0.3, -0.25) is 9.89 Å². The number of hydrogen-bond donors (Lipinski definition) is 1. The minimum Gasteiger partial charge on any atom is -0.339 e. The molecule has 0 aliphatic rings. The Morgan fingerprint density at radius 3 is 2.67 bits per heavy atom. The predicted octanol–water partition coefficient (Wildman–Crippen LogP) is 2.71. The van der Waals surface area contributed by atoms with E-state index in [0.717, 1.165) is 31.5 Å². The molecule has 1 amide bonds. The average Bonchev–Trinajstić information content (AvgIpc) is 2.90. The first kappa shape index (κ1) is 14.5. The first-order valence-electron chi connectivity index (χ1n) is 6.66. The van der Waals surface area contributed by atoms with Crippen molar-refractivity contribution < 1.29 is 4.79 Å². The highest BCUT2D eigenvalue weighted by Gasteiger charge is 2.13. The van der Waals surface area contributed by atoms with Crippen LogP contribution in [0.15, 0.2) is 18.5 Å². The number of aromatic amines is 1. The molecule has 0 bridgehead atoms. The first-order valence-corrected chi connectivity index (χ1v) is 6.66. The molecule has 0 fully saturated rings. The molecule has 4 heteroatoms. The minimum atomic E-state index is 0.0746. The van der Waals surface area contributed by atoms with Crippen molar-refractivity contribution >= 4 is 12.0 Å². The van der Waals surface area contributed by atoms with E-state index in [-0.39, 0.29) is 5.91 Å². The normalized spacial score (nSPS) is 11.3. The van der Waals surface area contributed by atoms with Gasteiger partial charge in [0.05, 0.1) is 6.20 Å². The Morgan fingerprint density at radius 2 is 2.17 bits per heavy atom. The Morgan fingerprint density at radius 1 is 1.44 bits per heavy atom. The van der Waals surface area contributed by atoms with E-state index < -0.39 is 0 Å². The third kappa shape index (κ3) is 4.35. The molecular weight excluding hydrogens is 226 g/mol. The van der Waals surface area contributed by atoms with E-state index in [0.29, 0.717) is 5.92 Å². The highest BCUT2D eigenvalue weighted by Crippen LogP contribution is 2.10. The molecule has 18 heavy (non-hydrogen) atoms. The van der Waals surface area contributed by atoms with Crippen molar-refractivity contribution in [3.63, 3.8) is 0 Å². The molecule has 0 saturated heterocycles. The SMILES string of the molecule is CCC(CC)CN(CC)C(=O)C=Cc1cn[nH]c1. The maximum Gasteiger partial charge on any atom is 0.246 e. The molecule has 0 atom stereocenters. The summed E-state index contributed by atoms with van der Waals surface area (Å²) in [7, 11) is 0. The summed E-state index contributed by atoms with van der Waals surface area (Å²) >= 11 is 0. The van der Waals surface area contributed by atoms with Gasteiger partial charge >= 0.3 is 0 Å². The van der Waals surface area contributed by atoms with Crippen LogP contribution >= 0.6 is 0 Å². The van der Waals surface area contributed by atoms with Crippen molar-refractivity contribution in [1.82, 2.24) is 15.1 Å². The van der Waals surface area contributed by atoms with Crippen LogP contribution in [0.25, 0.3) is 6.08 Å². The zero-order valence-electron chi connectivity index (χ0n) is 11.5. The van der Waals surface area contributed by atoms with E-state index >= 15 is 0 Å². The van der Waals surface area contributed by atoms with Crippen LogP contribution in [0, 0.1) is 5.92 Å². The highest BCUT2D eigenvalue weighted by atomic mass is 16.2. The predicted molar refractivity (Wildman–Crippen MR) is 73.9 cm³/mol. The van der Waals surface area contributed by atoms with Gasteiger partial charge in [0.25, 0.3) is 0 Å². The van der Waals surface area contributed by atoms with Gasteiger partial charge in [-0.05, 0) is 18.9 Å². The van der Waals surface area contributed by atoms with Crippen molar-refractivity contribution in [1.29, 1.82) is 0 Å². The number of likely N-dealkylation sites (N-methyl/N-ethyl adjacent to an activating group) is 1. The number of nitrogens with one attached hydrogen (secondary N) is 1. The quantitative estimate of drug-likeness (QED) is 0.755. The summed E-state index contributed by atoms with van der Waals surface area (Å²) in [4.78, 5) is 13.9. The van der Waals surface area contributed by atoms with Gasteiger partial charge in [-0.2, -0.15) is 5.10 Å². The lowest BCUT2D eigenvalue weighted by atomic mass is 10.0. The third-order valence-electron chi connectivity index (χ3n) is 3.26. The third-order valence-corrected chi connectivity index (χ3v) is 3.26. The zero-order valence-corrected chi connectivity index (χ0v) is 11.5. The van der Waals surface area contributed by atoms with Crippen molar-refractivity contribution in [2.24, 2.45) is 5.92 Å². The van der Waals surface area contributed by atoms with Crippen LogP contribution in [0.5, 0.6) is 0 Å². The fourth-order valence-corrected chi connectivity index (χ4v) is 1.86. The fourth-order valence-electron chi connectivity index (χ4n) is 1.86. The second-order valence-corrected chi connectivity index (χ2v) is 4.42. The maximum absolute atomic E-state index is 12.0. The lowest BCUT2D eigenvalue weighted by Gasteiger charge is -2.24. The van der Waals surface area contributed by atoms with Crippen LogP contribution in [0.4, 0.5) is 0 Å². The number of H-pyrrole nitrogens is 1. The summed E-state index contributed by atoms with van der Waals surface area (Å²) in [5.41, 5.74) is 0.918. The molecule has 0 aliphatic carbocycles. The number of hydrogen-bond acceptors (Lipinski definition) is 2. The molecule has 100 valence electrons. The number of carbonyl (C=O) groups is 1. The average molecular weight is 249 g/mol. The Hall–Kier alpha value is -1.58. The van der Waals surface area contributed by atoms with Gasteiger partial charge in [0.15, 0.2) is 0 Å². The molecule has 4 nitrogen and oxygen atoms in total. The topological polar surface area (TPSA) is 49.0 Å². The molecule has 0 radical (unpaired) electrons. The minimum absolute atomic E-state index is 0.0746. The Balaban J connectivity index is 2.56. The van der Waals surface area contributed by atoms with Gasteiger partial charge in [-0.15, -0.1) is 0 Å². The van der Waals surface area contributed by atoms with Gasteiger partial charge in [0.1, 0.15) is 0 Å². The molecule has 0 unspecified atom stereocenters. The molecule has 0 spiro atoms. The summed E-state index contributed by atoms with van der Waals surface area (Å²) in [6.07, 6.45) is 9.11. The van der Waals surface area contributed by atoms with Gasteiger partial charge in [-0.25, -0.2) is 0 Å². The molecule has 1 heterocycles. The van der Waals surface area contributed by atoms with Crippen molar-refractivity contribution in [2.45, 2.75) is 33.6 Å². The zero-order chi connectivity index (χ0) is 13.4. The molecule has 1 aromatic heterocycles. The van der Waals surface area contributed by atoms with Crippen molar-refractivity contribution in [2.75, 3.05) is 13.1 Å². The summed E-state index contributed by atoms with van der Waals surface area (Å²) in [6.45, 7) is 7.97. The van der Waals surface area contributed by atoms with Crippen LogP contribution < -0.4 is 0 Å². The largest absolute Gasteiger partial charge is 0.339 e. The number of nitrogens with zero attached hydrogens (tertiary/aromatic N) is 2. The van der Waals surface area contributed by atoms with Crippen LogP contribution in [-0.4, -0.2) is 34.1 Å². The van der Waals surface area contributed by atoms with Gasteiger partial charge in [0, 0.05) is 30.9 Å². The van der Waals surface area contributed by atoms with Crippen LogP contribution in [-0.2, 0) is 4.79 Å². The molecule has 1 aromatic rings. The Kier molecular flexibility index (Phi) is 6.19. The second kappa shape index (κ2) is 7.69. The standard InChI is InChI=1S/C14H23N3O/c1-4-12(5-2)11-17(6-3)14(18)8-7-13-9-15-16-10-13/h7-10,12H,4-6,11H2,1-3H3,(H,15,16). The smallest absolute Gasteiger partial charge is 0.246 e. The van der Waals surface area contributed by atoms with Crippen LogP contribution in [0.1, 0.15) is 39.2 Å². The van der Waals surface area contributed by atoms with Gasteiger partial charge in [-0.1, -0.05) is 26.7 Å². The molecule has 0 aromatic carbocycles. The van der Waals surface area contributed by atoms with Crippen LogP contribution in [0.2, 0.25) is 0 Å². The summed E-state index contributed by atoms with van der Waals surface area (Å²) in [5.74, 6) is 0.668. The van der Waals surface area contributed by atoms with E-state index in [1.807, 2.05) is 11.8 Å². The maximum atomic E-state index is 12.0. The number of aromatic nitrogens is 2. The number of rotatable bonds is 7. The first-order chi connectivity index (χ1) is 8.71. The number of amides is 1. The fraction of sp³-hybridized carbons (Fsp3) is 0.571. The van der Waals surface area contributed by atoms with E-state index in [2.05, 4.69) is 24.0 Å². The molecule has 1 rings (SSSR count).